The standard InChI is InChI=1S/C60H101O11P/c1-4-7-10-13-16-19-22-24-26-27-28-29-31-32-35-37-40-43-46-49-58(62)67-53-57(71-60(64)51-48-45-42-39-36-33-30-25-23-20-17-14-11-8-5-2)55-69-72(65,66)68-54-56(52-61)70-59(63)50-47-44-41-38-34-21-18-15-12-9-6-3/h7,10,15-20,24-26,28-30,32,35,56-57,61H,4-6,8-9,11-14,21-23,27,31,33-34,36-55H2,1-3H3,(H,65,66)/b10-7-,18-15-,19-16-,20-17-,26-24-,29-28-,30-25-,35-32-. The third kappa shape index (κ3) is 51.3. The second-order valence-corrected chi connectivity index (χ2v) is 19.8. The van der Waals surface area contributed by atoms with Gasteiger partial charge in [0.05, 0.1) is 19.8 Å². The van der Waals surface area contributed by atoms with Crippen molar-refractivity contribution in [3.05, 3.63) is 97.2 Å². The zero-order valence-electron chi connectivity index (χ0n) is 45.4. The minimum Gasteiger partial charge on any atom is -0.462 e. The number of allylic oxidation sites excluding steroid dienone is 16. The van der Waals surface area contributed by atoms with E-state index in [0.717, 1.165) is 135 Å². The van der Waals surface area contributed by atoms with Crippen molar-refractivity contribution in [2.24, 2.45) is 0 Å². The van der Waals surface area contributed by atoms with Crippen molar-refractivity contribution in [3.63, 3.8) is 0 Å². The molecule has 0 aliphatic carbocycles. The highest BCUT2D eigenvalue weighted by atomic mass is 31.2. The van der Waals surface area contributed by atoms with Gasteiger partial charge in [0.15, 0.2) is 6.10 Å². The lowest BCUT2D eigenvalue weighted by atomic mass is 10.1. The predicted molar refractivity (Wildman–Crippen MR) is 297 cm³/mol. The molecule has 12 heteroatoms. The molecule has 72 heavy (non-hydrogen) atoms. The van der Waals surface area contributed by atoms with Crippen molar-refractivity contribution >= 4 is 25.7 Å². The lowest BCUT2D eigenvalue weighted by Gasteiger charge is -2.21. The Hall–Kier alpha value is -3.60. The van der Waals surface area contributed by atoms with Crippen LogP contribution in [0.2, 0.25) is 0 Å². The summed E-state index contributed by atoms with van der Waals surface area (Å²) in [5, 5.41) is 9.78. The van der Waals surface area contributed by atoms with Crippen molar-refractivity contribution in [1.29, 1.82) is 0 Å². The van der Waals surface area contributed by atoms with Crippen LogP contribution in [0.25, 0.3) is 0 Å². The molecule has 0 spiro atoms. The summed E-state index contributed by atoms with van der Waals surface area (Å²) >= 11 is 0. The third-order valence-corrected chi connectivity index (χ3v) is 12.4. The van der Waals surface area contributed by atoms with E-state index in [2.05, 4.69) is 118 Å². The van der Waals surface area contributed by atoms with Crippen molar-refractivity contribution < 1.29 is 52.2 Å². The lowest BCUT2D eigenvalue weighted by molar-refractivity contribution is -0.161. The fourth-order valence-corrected chi connectivity index (χ4v) is 7.94. The maximum absolute atomic E-state index is 12.9. The first-order valence-electron chi connectivity index (χ1n) is 28.1. The van der Waals surface area contributed by atoms with Crippen molar-refractivity contribution in [1.82, 2.24) is 0 Å². The fourth-order valence-electron chi connectivity index (χ4n) is 7.16. The van der Waals surface area contributed by atoms with Gasteiger partial charge in [0.1, 0.15) is 12.7 Å². The van der Waals surface area contributed by atoms with E-state index in [1.54, 1.807) is 0 Å². The summed E-state index contributed by atoms with van der Waals surface area (Å²) in [7, 11) is -4.76. The molecule has 0 saturated carbocycles. The van der Waals surface area contributed by atoms with Gasteiger partial charge in [-0.15, -0.1) is 0 Å². The minimum absolute atomic E-state index is 0.139. The SMILES string of the molecule is CC/C=C\C/C=C\C/C=C\C/C=C\C/C=C\CCCCCC(=O)OCC(COP(=O)(O)OCC(CO)OC(=O)CCCCCCC/C=C\CCCC)OC(=O)CCCCCCC/C=C\C/C=C\CCCCC. The zero-order chi connectivity index (χ0) is 52.7. The van der Waals surface area contributed by atoms with Crippen LogP contribution < -0.4 is 0 Å². The molecule has 0 bridgehead atoms. The molecule has 0 amide bonds. The van der Waals surface area contributed by atoms with E-state index in [-0.39, 0.29) is 25.9 Å². The average molecular weight is 1030 g/mol. The number of carbonyl (C=O) groups excluding carboxylic acids is 3. The predicted octanol–water partition coefficient (Wildman–Crippen LogP) is 16.5. The summed E-state index contributed by atoms with van der Waals surface area (Å²) in [6.45, 7) is 4.39. The molecule has 11 nitrogen and oxygen atoms in total. The number of rotatable bonds is 51. The molecule has 3 unspecified atom stereocenters. The number of phosphoric ester groups is 1. The molecule has 0 saturated heterocycles. The Morgan fingerprint density at radius 2 is 0.736 bits per heavy atom. The number of aliphatic hydroxyl groups is 1. The quantitative estimate of drug-likeness (QED) is 0.0197. The maximum Gasteiger partial charge on any atom is 0.472 e. The van der Waals surface area contributed by atoms with Gasteiger partial charge in [-0.3, -0.25) is 23.4 Å². The van der Waals surface area contributed by atoms with Crippen molar-refractivity contribution in [2.75, 3.05) is 26.4 Å². The summed E-state index contributed by atoms with van der Waals surface area (Å²) in [6.07, 6.45) is 62.3. The molecular formula is C60H101O11P. The first-order chi connectivity index (χ1) is 35.2. The number of esters is 3. The second-order valence-electron chi connectivity index (χ2n) is 18.4. The number of ether oxygens (including phenoxy) is 3. The number of phosphoric acid groups is 1. The van der Waals surface area contributed by atoms with Gasteiger partial charge in [0.2, 0.25) is 0 Å². The Kier molecular flexibility index (Phi) is 51.0. The molecule has 0 rings (SSSR count). The number of hydrogen-bond donors (Lipinski definition) is 2. The van der Waals surface area contributed by atoms with E-state index in [9.17, 15) is 28.9 Å². The average Bonchev–Trinajstić information content (AvgIpc) is 3.37. The zero-order valence-corrected chi connectivity index (χ0v) is 46.3. The molecule has 0 heterocycles. The van der Waals surface area contributed by atoms with Gasteiger partial charge >= 0.3 is 25.7 Å². The van der Waals surface area contributed by atoms with Crippen molar-refractivity contribution in [2.45, 2.75) is 238 Å². The van der Waals surface area contributed by atoms with Gasteiger partial charge < -0.3 is 24.2 Å². The minimum atomic E-state index is -4.76. The third-order valence-electron chi connectivity index (χ3n) is 11.5. The Labute approximate surface area is 438 Å². The summed E-state index contributed by atoms with van der Waals surface area (Å²) in [6, 6.07) is 0. The largest absolute Gasteiger partial charge is 0.472 e. The molecule has 0 aromatic heterocycles. The molecule has 2 N–H and O–H groups in total. The van der Waals surface area contributed by atoms with Gasteiger partial charge in [-0.05, 0) is 116 Å². The van der Waals surface area contributed by atoms with Crippen LogP contribution in [-0.4, -0.2) is 66.5 Å². The highest BCUT2D eigenvalue weighted by Gasteiger charge is 2.28. The lowest BCUT2D eigenvalue weighted by Crippen LogP contribution is -2.30. The van der Waals surface area contributed by atoms with Gasteiger partial charge in [-0.1, -0.05) is 189 Å². The summed E-state index contributed by atoms with van der Waals surface area (Å²) < 4.78 is 39.4. The van der Waals surface area contributed by atoms with E-state index < -0.39 is 57.8 Å². The topological polar surface area (TPSA) is 155 Å². The smallest absolute Gasteiger partial charge is 0.462 e. The summed E-state index contributed by atoms with van der Waals surface area (Å²) in [5.74, 6) is -1.54. The molecule has 3 atom stereocenters. The van der Waals surface area contributed by atoms with Crippen LogP contribution in [0.1, 0.15) is 226 Å². The van der Waals surface area contributed by atoms with Gasteiger partial charge in [0.25, 0.3) is 0 Å². The van der Waals surface area contributed by atoms with Crippen LogP contribution in [0.3, 0.4) is 0 Å². The highest BCUT2D eigenvalue weighted by molar-refractivity contribution is 7.47. The number of hydrogen-bond acceptors (Lipinski definition) is 10. The van der Waals surface area contributed by atoms with Gasteiger partial charge in [-0.2, -0.15) is 0 Å². The maximum atomic E-state index is 12.9. The second kappa shape index (κ2) is 53.7. The molecule has 0 fully saturated rings. The van der Waals surface area contributed by atoms with Crippen LogP contribution in [0.5, 0.6) is 0 Å². The first kappa shape index (κ1) is 68.4. The van der Waals surface area contributed by atoms with E-state index in [1.165, 1.54) is 32.1 Å². The van der Waals surface area contributed by atoms with Crippen LogP contribution in [0.15, 0.2) is 97.2 Å². The fraction of sp³-hybridized carbons (Fsp3) is 0.683. The highest BCUT2D eigenvalue weighted by Crippen LogP contribution is 2.43. The summed E-state index contributed by atoms with van der Waals surface area (Å²) in [4.78, 5) is 48.4. The van der Waals surface area contributed by atoms with E-state index in [0.29, 0.717) is 19.3 Å². The van der Waals surface area contributed by atoms with Crippen LogP contribution in [-0.2, 0) is 42.2 Å². The molecular weight excluding hydrogens is 928 g/mol. The molecule has 0 radical (unpaired) electrons. The number of unbranched alkanes of at least 4 members (excludes halogenated alkanes) is 18. The summed E-state index contributed by atoms with van der Waals surface area (Å²) in [5.41, 5.74) is 0. The Bertz CT molecular complexity index is 1580. The molecule has 0 aromatic carbocycles. The van der Waals surface area contributed by atoms with E-state index >= 15 is 0 Å². The monoisotopic (exact) mass is 1030 g/mol. The van der Waals surface area contributed by atoms with Gasteiger partial charge in [-0.25, -0.2) is 4.57 Å². The Balaban J connectivity index is 4.82. The number of aliphatic hydroxyl groups excluding tert-OH is 1. The molecule has 0 aliphatic heterocycles. The van der Waals surface area contributed by atoms with Gasteiger partial charge in [0, 0.05) is 19.3 Å². The normalized spacial score (nSPS) is 14.1. The van der Waals surface area contributed by atoms with Crippen LogP contribution in [0.4, 0.5) is 0 Å². The Morgan fingerprint density at radius 3 is 1.18 bits per heavy atom. The first-order valence-corrected chi connectivity index (χ1v) is 29.6. The number of carbonyl (C=O) groups is 3. The van der Waals surface area contributed by atoms with E-state index in [4.69, 9.17) is 23.3 Å². The molecule has 0 aliphatic rings. The van der Waals surface area contributed by atoms with Crippen LogP contribution >= 0.6 is 7.82 Å². The molecule has 412 valence electrons. The van der Waals surface area contributed by atoms with Crippen molar-refractivity contribution in [3.8, 4) is 0 Å². The molecule has 0 aromatic rings. The Morgan fingerprint density at radius 1 is 0.403 bits per heavy atom. The van der Waals surface area contributed by atoms with Crippen LogP contribution in [0, 0.1) is 0 Å². The van der Waals surface area contributed by atoms with E-state index in [1.807, 2.05) is 0 Å².